The van der Waals surface area contributed by atoms with Gasteiger partial charge in [-0.2, -0.15) is 0 Å². The van der Waals surface area contributed by atoms with Crippen LogP contribution in [0.2, 0.25) is 0 Å². The second-order valence-electron chi connectivity index (χ2n) is 6.59. The molecule has 0 aliphatic heterocycles. The SMILES string of the molecule is O=C(CCc1nc2ccccc2n1-c1ccccc1)NCc1ccc(F)cc1. The van der Waals surface area contributed by atoms with E-state index in [2.05, 4.69) is 9.88 Å². The zero-order valence-electron chi connectivity index (χ0n) is 15.3. The number of aromatic nitrogens is 2. The van der Waals surface area contributed by atoms with Crippen LogP contribution in [0.25, 0.3) is 16.7 Å². The van der Waals surface area contributed by atoms with Gasteiger partial charge in [-0.05, 0) is 42.0 Å². The Hall–Kier alpha value is -3.47. The molecule has 0 saturated heterocycles. The molecule has 1 amide bonds. The first-order valence-corrected chi connectivity index (χ1v) is 9.23. The molecule has 0 unspecified atom stereocenters. The number of nitrogens with one attached hydrogen (secondary N) is 1. The topological polar surface area (TPSA) is 46.9 Å². The third kappa shape index (κ3) is 3.93. The number of nitrogens with zero attached hydrogens (tertiary/aromatic N) is 2. The monoisotopic (exact) mass is 373 g/mol. The third-order valence-corrected chi connectivity index (χ3v) is 4.62. The van der Waals surface area contributed by atoms with Crippen molar-refractivity contribution < 1.29 is 9.18 Å². The quantitative estimate of drug-likeness (QED) is 0.544. The first kappa shape index (κ1) is 17.9. The summed E-state index contributed by atoms with van der Waals surface area (Å²) in [5.41, 5.74) is 3.83. The molecular weight excluding hydrogens is 353 g/mol. The summed E-state index contributed by atoms with van der Waals surface area (Å²) in [5.74, 6) is 0.509. The third-order valence-electron chi connectivity index (χ3n) is 4.62. The van der Waals surface area contributed by atoms with Crippen LogP contribution < -0.4 is 5.32 Å². The Labute approximate surface area is 162 Å². The van der Waals surface area contributed by atoms with Gasteiger partial charge in [-0.15, -0.1) is 0 Å². The molecule has 4 rings (SSSR count). The number of carbonyl (C=O) groups excluding carboxylic acids is 1. The standard InChI is InChI=1S/C23H20FN3O/c24-18-12-10-17(11-13-18)16-25-23(28)15-14-22-26-20-8-4-5-9-21(20)27(22)19-6-2-1-3-7-19/h1-13H,14-16H2,(H,25,28). The van der Waals surface area contributed by atoms with Gasteiger partial charge in [-0.1, -0.05) is 42.5 Å². The minimum atomic E-state index is -0.283. The first-order valence-electron chi connectivity index (χ1n) is 9.23. The van der Waals surface area contributed by atoms with Gasteiger partial charge in [0.25, 0.3) is 0 Å². The predicted molar refractivity (Wildman–Crippen MR) is 108 cm³/mol. The van der Waals surface area contributed by atoms with Crippen molar-refractivity contribution in [1.82, 2.24) is 14.9 Å². The van der Waals surface area contributed by atoms with E-state index < -0.39 is 0 Å². The van der Waals surface area contributed by atoms with Crippen LogP contribution in [0, 0.1) is 5.82 Å². The molecule has 4 nitrogen and oxygen atoms in total. The number of halogens is 1. The van der Waals surface area contributed by atoms with Crippen molar-refractivity contribution in [2.45, 2.75) is 19.4 Å². The minimum absolute atomic E-state index is 0.0593. The van der Waals surface area contributed by atoms with Crippen molar-refractivity contribution in [2.24, 2.45) is 0 Å². The molecule has 3 aromatic carbocycles. The van der Waals surface area contributed by atoms with Gasteiger partial charge in [0, 0.05) is 25.1 Å². The average molecular weight is 373 g/mol. The summed E-state index contributed by atoms with van der Waals surface area (Å²) >= 11 is 0. The highest BCUT2D eigenvalue weighted by molar-refractivity contribution is 5.79. The van der Waals surface area contributed by atoms with E-state index in [4.69, 9.17) is 4.98 Å². The zero-order chi connectivity index (χ0) is 19.3. The van der Waals surface area contributed by atoms with Gasteiger partial charge in [0.2, 0.25) is 5.91 Å². The lowest BCUT2D eigenvalue weighted by Crippen LogP contribution is -2.23. The molecule has 0 fully saturated rings. The zero-order valence-corrected chi connectivity index (χ0v) is 15.3. The van der Waals surface area contributed by atoms with Crippen LogP contribution in [0.15, 0.2) is 78.9 Å². The van der Waals surface area contributed by atoms with Gasteiger partial charge in [0.15, 0.2) is 0 Å². The van der Waals surface area contributed by atoms with Crippen molar-refractivity contribution in [1.29, 1.82) is 0 Å². The van der Waals surface area contributed by atoms with E-state index in [1.807, 2.05) is 54.6 Å². The van der Waals surface area contributed by atoms with Crippen LogP contribution in [0.4, 0.5) is 4.39 Å². The van der Waals surface area contributed by atoms with E-state index in [0.717, 1.165) is 28.1 Å². The normalized spacial score (nSPS) is 10.9. The Morgan fingerprint density at radius 3 is 2.43 bits per heavy atom. The molecule has 0 aliphatic rings. The van der Waals surface area contributed by atoms with Gasteiger partial charge < -0.3 is 5.32 Å². The van der Waals surface area contributed by atoms with Crippen LogP contribution in [0.3, 0.4) is 0 Å². The lowest BCUT2D eigenvalue weighted by molar-refractivity contribution is -0.121. The summed E-state index contributed by atoms with van der Waals surface area (Å²) in [6.45, 7) is 0.383. The van der Waals surface area contributed by atoms with Crippen molar-refractivity contribution in [2.75, 3.05) is 0 Å². The van der Waals surface area contributed by atoms with Gasteiger partial charge in [0.1, 0.15) is 11.6 Å². The molecule has 1 heterocycles. The van der Waals surface area contributed by atoms with Crippen molar-refractivity contribution in [3.05, 3.63) is 96.1 Å². The second kappa shape index (κ2) is 8.05. The predicted octanol–water partition coefficient (Wildman–Crippen LogP) is 4.41. The number of imidazole rings is 1. The average Bonchev–Trinajstić information content (AvgIpc) is 3.11. The van der Waals surface area contributed by atoms with Crippen molar-refractivity contribution in [3.63, 3.8) is 0 Å². The van der Waals surface area contributed by atoms with Crippen LogP contribution in [0.1, 0.15) is 17.8 Å². The molecule has 0 radical (unpaired) electrons. The molecule has 1 N–H and O–H groups in total. The number of fused-ring (bicyclic) bond motifs is 1. The summed E-state index contributed by atoms with van der Waals surface area (Å²) < 4.78 is 15.1. The van der Waals surface area contributed by atoms with Gasteiger partial charge in [-0.3, -0.25) is 9.36 Å². The molecule has 0 spiro atoms. The molecule has 5 heteroatoms. The highest BCUT2D eigenvalue weighted by atomic mass is 19.1. The fourth-order valence-corrected chi connectivity index (χ4v) is 3.23. The summed E-state index contributed by atoms with van der Waals surface area (Å²) in [6.07, 6.45) is 0.857. The maximum atomic E-state index is 13.0. The van der Waals surface area contributed by atoms with Crippen molar-refractivity contribution in [3.8, 4) is 5.69 Å². The lowest BCUT2D eigenvalue weighted by atomic mass is 10.2. The number of benzene rings is 3. The Kier molecular flexibility index (Phi) is 5.15. The molecule has 28 heavy (non-hydrogen) atoms. The number of rotatable bonds is 6. The fraction of sp³-hybridized carbons (Fsp3) is 0.130. The highest BCUT2D eigenvalue weighted by Gasteiger charge is 2.13. The molecule has 0 atom stereocenters. The number of hydrogen-bond acceptors (Lipinski definition) is 2. The summed E-state index contributed by atoms with van der Waals surface area (Å²) in [7, 11) is 0. The van der Waals surface area contributed by atoms with Crippen LogP contribution in [-0.2, 0) is 17.8 Å². The largest absolute Gasteiger partial charge is 0.352 e. The summed E-state index contributed by atoms with van der Waals surface area (Å²) in [4.78, 5) is 17.0. The van der Waals surface area contributed by atoms with Gasteiger partial charge >= 0.3 is 0 Å². The molecule has 4 aromatic rings. The number of carbonyl (C=O) groups is 1. The van der Waals surface area contributed by atoms with E-state index >= 15 is 0 Å². The van der Waals surface area contributed by atoms with E-state index in [1.54, 1.807) is 12.1 Å². The maximum Gasteiger partial charge on any atom is 0.220 e. The first-order chi connectivity index (χ1) is 13.7. The Balaban J connectivity index is 1.48. The Morgan fingerprint density at radius 1 is 0.929 bits per heavy atom. The number of hydrogen-bond donors (Lipinski definition) is 1. The van der Waals surface area contributed by atoms with Crippen LogP contribution in [0.5, 0.6) is 0 Å². The van der Waals surface area contributed by atoms with E-state index in [0.29, 0.717) is 19.4 Å². The Morgan fingerprint density at radius 2 is 1.64 bits per heavy atom. The fourth-order valence-electron chi connectivity index (χ4n) is 3.23. The number of para-hydroxylation sites is 3. The highest BCUT2D eigenvalue weighted by Crippen LogP contribution is 2.22. The van der Waals surface area contributed by atoms with E-state index in [9.17, 15) is 9.18 Å². The molecule has 140 valence electrons. The number of aryl methyl sites for hydroxylation is 1. The van der Waals surface area contributed by atoms with Crippen molar-refractivity contribution >= 4 is 16.9 Å². The molecule has 0 saturated carbocycles. The molecular formula is C23H20FN3O. The Bertz CT molecular complexity index is 1090. The summed E-state index contributed by atoms with van der Waals surface area (Å²) in [5, 5.41) is 2.88. The molecule has 0 bridgehead atoms. The van der Waals surface area contributed by atoms with E-state index in [1.165, 1.54) is 12.1 Å². The molecule has 1 aromatic heterocycles. The number of amides is 1. The lowest BCUT2D eigenvalue weighted by Gasteiger charge is -2.10. The van der Waals surface area contributed by atoms with Gasteiger partial charge in [-0.25, -0.2) is 9.37 Å². The maximum absolute atomic E-state index is 13.0. The van der Waals surface area contributed by atoms with Crippen LogP contribution in [-0.4, -0.2) is 15.5 Å². The summed E-state index contributed by atoms with van der Waals surface area (Å²) in [6, 6.07) is 24.1. The smallest absolute Gasteiger partial charge is 0.220 e. The van der Waals surface area contributed by atoms with Crippen LogP contribution >= 0.6 is 0 Å². The second-order valence-corrected chi connectivity index (χ2v) is 6.59. The molecule has 0 aliphatic carbocycles. The minimum Gasteiger partial charge on any atom is -0.352 e. The van der Waals surface area contributed by atoms with E-state index in [-0.39, 0.29) is 11.7 Å². The van der Waals surface area contributed by atoms with Gasteiger partial charge in [0.05, 0.1) is 11.0 Å².